The van der Waals surface area contributed by atoms with Crippen LogP contribution < -0.4 is 4.90 Å². The summed E-state index contributed by atoms with van der Waals surface area (Å²) in [6.45, 7) is 0.0228. The second-order valence-corrected chi connectivity index (χ2v) is 3.41. The highest BCUT2D eigenvalue weighted by atomic mass is 16.3. The van der Waals surface area contributed by atoms with Crippen LogP contribution in [0, 0.1) is 0 Å². The molecule has 1 heterocycles. The van der Waals surface area contributed by atoms with Crippen molar-refractivity contribution in [3.8, 4) is 0 Å². The highest BCUT2D eigenvalue weighted by molar-refractivity contribution is 6.43. The number of amides is 1. The van der Waals surface area contributed by atoms with E-state index in [-0.39, 0.29) is 19.6 Å². The van der Waals surface area contributed by atoms with Crippen LogP contribution in [0.1, 0.15) is 5.56 Å². The summed E-state index contributed by atoms with van der Waals surface area (Å²) in [7, 11) is 0. The SMILES string of the molecule is O=C1Cc2ccccc2N(CCO)C1=O. The van der Waals surface area contributed by atoms with Gasteiger partial charge in [0.1, 0.15) is 0 Å². The third-order valence-electron chi connectivity index (χ3n) is 2.44. The normalized spacial score (nSPS) is 15.4. The van der Waals surface area contributed by atoms with E-state index in [0.29, 0.717) is 0 Å². The van der Waals surface area contributed by atoms with Gasteiger partial charge in [0.15, 0.2) is 0 Å². The third-order valence-corrected chi connectivity index (χ3v) is 2.44. The molecule has 15 heavy (non-hydrogen) atoms. The van der Waals surface area contributed by atoms with E-state index in [4.69, 9.17) is 5.11 Å². The summed E-state index contributed by atoms with van der Waals surface area (Å²) in [5.74, 6) is -0.940. The van der Waals surface area contributed by atoms with Crippen LogP contribution in [0.15, 0.2) is 24.3 Å². The maximum atomic E-state index is 11.5. The number of hydrogen-bond donors (Lipinski definition) is 1. The van der Waals surface area contributed by atoms with Gasteiger partial charge in [-0.1, -0.05) is 18.2 Å². The van der Waals surface area contributed by atoms with Crippen LogP contribution >= 0.6 is 0 Å². The van der Waals surface area contributed by atoms with Crippen molar-refractivity contribution in [2.45, 2.75) is 6.42 Å². The van der Waals surface area contributed by atoms with Gasteiger partial charge in [0.2, 0.25) is 5.78 Å². The first-order chi connectivity index (χ1) is 7.24. The molecule has 1 aliphatic heterocycles. The molecule has 0 bridgehead atoms. The molecule has 1 amide bonds. The Morgan fingerprint density at radius 2 is 2.00 bits per heavy atom. The maximum absolute atomic E-state index is 11.5. The lowest BCUT2D eigenvalue weighted by Gasteiger charge is -2.27. The first kappa shape index (κ1) is 9.86. The topological polar surface area (TPSA) is 57.6 Å². The van der Waals surface area contributed by atoms with Crippen LogP contribution in [0.3, 0.4) is 0 Å². The number of rotatable bonds is 2. The van der Waals surface area contributed by atoms with Gasteiger partial charge in [-0.2, -0.15) is 0 Å². The van der Waals surface area contributed by atoms with Gasteiger partial charge in [0.25, 0.3) is 5.91 Å². The van der Waals surface area contributed by atoms with Gasteiger partial charge < -0.3 is 10.0 Å². The van der Waals surface area contributed by atoms with Crippen molar-refractivity contribution in [1.82, 2.24) is 0 Å². The first-order valence-electron chi connectivity index (χ1n) is 4.77. The molecule has 0 saturated carbocycles. The highest BCUT2D eigenvalue weighted by Gasteiger charge is 2.29. The molecule has 0 saturated heterocycles. The molecule has 0 radical (unpaired) electrons. The Hall–Kier alpha value is -1.68. The molecule has 0 unspecified atom stereocenters. The lowest BCUT2D eigenvalue weighted by atomic mass is 10.0. The van der Waals surface area contributed by atoms with Crippen molar-refractivity contribution in [3.05, 3.63) is 29.8 Å². The monoisotopic (exact) mass is 205 g/mol. The minimum absolute atomic E-state index is 0.145. The summed E-state index contributed by atoms with van der Waals surface area (Å²) >= 11 is 0. The number of carbonyl (C=O) groups is 2. The van der Waals surface area contributed by atoms with Crippen molar-refractivity contribution in [1.29, 1.82) is 0 Å². The summed E-state index contributed by atoms with van der Waals surface area (Å²) in [5, 5.41) is 8.84. The number of aliphatic hydroxyl groups is 1. The zero-order valence-corrected chi connectivity index (χ0v) is 8.14. The van der Waals surface area contributed by atoms with E-state index in [9.17, 15) is 9.59 Å². The Balaban J connectivity index is 2.44. The Bertz CT molecular complexity index is 414. The standard InChI is InChI=1S/C11H11NO3/c13-6-5-12-9-4-2-1-3-8(9)7-10(14)11(12)15/h1-4,13H,5-7H2. The van der Waals surface area contributed by atoms with Gasteiger partial charge >= 0.3 is 0 Å². The first-order valence-corrected chi connectivity index (χ1v) is 4.77. The molecule has 1 aromatic carbocycles. The van der Waals surface area contributed by atoms with Gasteiger partial charge in [-0.15, -0.1) is 0 Å². The van der Waals surface area contributed by atoms with Crippen molar-refractivity contribution in [2.24, 2.45) is 0 Å². The number of Topliss-reactive ketones (excluding diaryl/α,β-unsaturated/α-hetero) is 1. The second-order valence-electron chi connectivity index (χ2n) is 3.41. The van der Waals surface area contributed by atoms with Crippen molar-refractivity contribution in [2.75, 3.05) is 18.1 Å². The number of anilines is 1. The van der Waals surface area contributed by atoms with Crippen LogP contribution in [-0.4, -0.2) is 29.9 Å². The fourth-order valence-electron chi connectivity index (χ4n) is 1.75. The van der Waals surface area contributed by atoms with Crippen molar-refractivity contribution in [3.63, 3.8) is 0 Å². The molecule has 0 aromatic heterocycles. The average molecular weight is 205 g/mol. The van der Waals surface area contributed by atoms with Crippen LogP contribution in [0.2, 0.25) is 0 Å². The number of ketones is 1. The van der Waals surface area contributed by atoms with Gasteiger partial charge in [0, 0.05) is 18.7 Å². The summed E-state index contributed by atoms with van der Waals surface area (Å²) in [6, 6.07) is 7.25. The summed E-state index contributed by atoms with van der Waals surface area (Å²) in [4.78, 5) is 24.2. The van der Waals surface area contributed by atoms with E-state index < -0.39 is 11.7 Å². The largest absolute Gasteiger partial charge is 0.395 e. The predicted octanol–water partition coefficient (Wildman–Crippen LogP) is 0.137. The Labute approximate surface area is 87.1 Å². The Kier molecular flexibility index (Phi) is 2.51. The van der Waals surface area contributed by atoms with E-state index >= 15 is 0 Å². The quantitative estimate of drug-likeness (QED) is 0.698. The Morgan fingerprint density at radius 3 is 2.73 bits per heavy atom. The molecule has 4 nitrogen and oxygen atoms in total. The molecule has 1 aliphatic rings. The molecule has 4 heteroatoms. The predicted molar refractivity (Wildman–Crippen MR) is 54.6 cm³/mol. The number of para-hydroxylation sites is 1. The molecule has 1 N–H and O–H groups in total. The molecule has 0 atom stereocenters. The van der Waals surface area contributed by atoms with Gasteiger partial charge in [0.05, 0.1) is 6.61 Å². The van der Waals surface area contributed by atoms with E-state index in [1.54, 1.807) is 6.07 Å². The highest BCUT2D eigenvalue weighted by Crippen LogP contribution is 2.25. The number of carbonyl (C=O) groups excluding carboxylic acids is 2. The molecule has 0 spiro atoms. The van der Waals surface area contributed by atoms with Crippen LogP contribution in [0.25, 0.3) is 0 Å². The van der Waals surface area contributed by atoms with E-state index in [2.05, 4.69) is 0 Å². The number of hydrogen-bond acceptors (Lipinski definition) is 3. The zero-order valence-electron chi connectivity index (χ0n) is 8.14. The van der Waals surface area contributed by atoms with Crippen molar-refractivity contribution < 1.29 is 14.7 Å². The number of fused-ring (bicyclic) bond motifs is 1. The zero-order chi connectivity index (χ0) is 10.8. The number of aliphatic hydroxyl groups excluding tert-OH is 1. The van der Waals surface area contributed by atoms with E-state index in [0.717, 1.165) is 11.3 Å². The van der Waals surface area contributed by atoms with Crippen LogP contribution in [0.5, 0.6) is 0 Å². The smallest absolute Gasteiger partial charge is 0.294 e. The van der Waals surface area contributed by atoms with Crippen molar-refractivity contribution >= 4 is 17.4 Å². The van der Waals surface area contributed by atoms with Gasteiger partial charge in [-0.3, -0.25) is 9.59 Å². The molecular weight excluding hydrogens is 194 g/mol. The number of β-amino-alcohol motifs (C(OH)–C–C–N with tert-alkyl or cyclic N) is 1. The fourth-order valence-corrected chi connectivity index (χ4v) is 1.75. The van der Waals surface area contributed by atoms with Gasteiger partial charge in [-0.25, -0.2) is 0 Å². The van der Waals surface area contributed by atoms with Crippen LogP contribution in [0.4, 0.5) is 5.69 Å². The Morgan fingerprint density at radius 1 is 1.27 bits per heavy atom. The summed E-state index contributed by atoms with van der Waals surface area (Å²) in [5.41, 5.74) is 1.58. The number of benzene rings is 1. The molecule has 0 aliphatic carbocycles. The third kappa shape index (κ3) is 1.64. The average Bonchev–Trinajstić information content (AvgIpc) is 2.25. The second kappa shape index (κ2) is 3.82. The van der Waals surface area contributed by atoms with Crippen LogP contribution in [-0.2, 0) is 16.0 Å². The lowest BCUT2D eigenvalue weighted by molar-refractivity contribution is -0.136. The fraction of sp³-hybridized carbons (Fsp3) is 0.273. The van der Waals surface area contributed by atoms with Gasteiger partial charge in [-0.05, 0) is 11.6 Å². The molecule has 2 rings (SSSR count). The molecule has 78 valence electrons. The maximum Gasteiger partial charge on any atom is 0.294 e. The summed E-state index contributed by atoms with van der Waals surface area (Å²) in [6.07, 6.45) is 0.164. The molecular formula is C11H11NO3. The summed E-state index contributed by atoms with van der Waals surface area (Å²) < 4.78 is 0. The van der Waals surface area contributed by atoms with E-state index in [1.165, 1.54) is 4.90 Å². The molecule has 0 fully saturated rings. The minimum atomic E-state index is -0.525. The molecule has 1 aromatic rings. The number of nitrogens with zero attached hydrogens (tertiary/aromatic N) is 1. The van der Waals surface area contributed by atoms with E-state index in [1.807, 2.05) is 18.2 Å². The minimum Gasteiger partial charge on any atom is -0.395 e. The lowest BCUT2D eigenvalue weighted by Crippen LogP contribution is -2.43.